The van der Waals surface area contributed by atoms with Crippen LogP contribution >= 0.6 is 0 Å². The lowest BCUT2D eigenvalue weighted by Crippen LogP contribution is -2.53. The van der Waals surface area contributed by atoms with E-state index in [1.54, 1.807) is 33.3 Å². The van der Waals surface area contributed by atoms with Gasteiger partial charge in [-0.25, -0.2) is 0 Å². The number of ether oxygens (including phenoxy) is 4. The molecule has 1 unspecified atom stereocenters. The predicted molar refractivity (Wildman–Crippen MR) is 97.8 cm³/mol. The third-order valence-electron chi connectivity index (χ3n) is 4.53. The van der Waals surface area contributed by atoms with Crippen LogP contribution in [0.15, 0.2) is 12.1 Å². The Bertz CT molecular complexity index is 603. The maximum atomic E-state index is 12.3. The minimum absolute atomic E-state index is 0.0600. The van der Waals surface area contributed by atoms with Crippen molar-refractivity contribution in [1.82, 2.24) is 9.80 Å². The molecule has 1 atom stereocenters. The zero-order valence-electron chi connectivity index (χ0n) is 16.0. The lowest BCUT2D eigenvalue weighted by Gasteiger charge is -2.36. The Labute approximate surface area is 154 Å². The van der Waals surface area contributed by atoms with E-state index in [0.717, 1.165) is 18.7 Å². The molecule has 2 rings (SSSR count). The molecule has 0 radical (unpaired) electrons. The average Bonchev–Trinajstić information content (AvgIpc) is 2.67. The molecule has 0 spiro atoms. The highest BCUT2D eigenvalue weighted by Gasteiger charge is 2.26. The van der Waals surface area contributed by atoms with E-state index in [2.05, 4.69) is 4.90 Å². The molecule has 1 amide bonds. The zero-order chi connectivity index (χ0) is 19.1. The fraction of sp³-hybridized carbons (Fsp3) is 0.611. The number of amides is 1. The molecule has 0 saturated carbocycles. The van der Waals surface area contributed by atoms with E-state index in [9.17, 15) is 4.79 Å². The molecule has 1 aromatic rings. The van der Waals surface area contributed by atoms with Crippen LogP contribution < -0.4 is 19.9 Å². The third-order valence-corrected chi connectivity index (χ3v) is 4.53. The van der Waals surface area contributed by atoms with Gasteiger partial charge in [-0.15, -0.1) is 0 Å². The Morgan fingerprint density at radius 3 is 2.23 bits per heavy atom. The number of piperazine rings is 1. The second kappa shape index (κ2) is 9.61. The molecular formula is C18H29N3O5. The molecule has 1 aliphatic heterocycles. The van der Waals surface area contributed by atoms with Gasteiger partial charge in [0.2, 0.25) is 11.7 Å². The molecule has 146 valence electrons. The summed E-state index contributed by atoms with van der Waals surface area (Å²) in [5.41, 5.74) is 6.86. The second-order valence-corrected chi connectivity index (χ2v) is 6.16. The number of methoxy groups -OCH3 is 4. The van der Waals surface area contributed by atoms with Gasteiger partial charge in [-0.3, -0.25) is 9.69 Å². The Morgan fingerprint density at radius 1 is 1.04 bits per heavy atom. The lowest BCUT2D eigenvalue weighted by molar-refractivity contribution is -0.135. The monoisotopic (exact) mass is 367 g/mol. The van der Waals surface area contributed by atoms with Crippen molar-refractivity contribution in [2.75, 3.05) is 61.2 Å². The van der Waals surface area contributed by atoms with E-state index in [1.165, 1.54) is 0 Å². The molecule has 1 aliphatic rings. The molecule has 0 aliphatic carbocycles. The molecule has 0 bridgehead atoms. The Balaban J connectivity index is 2.00. The van der Waals surface area contributed by atoms with Crippen molar-refractivity contribution in [3.8, 4) is 17.2 Å². The smallest absolute Gasteiger partial charge is 0.241 e. The second-order valence-electron chi connectivity index (χ2n) is 6.16. The Kier molecular flexibility index (Phi) is 7.50. The average molecular weight is 367 g/mol. The van der Waals surface area contributed by atoms with Crippen molar-refractivity contribution < 1.29 is 23.7 Å². The van der Waals surface area contributed by atoms with Crippen LogP contribution in [0.5, 0.6) is 17.2 Å². The standard InChI is InChI=1S/C18H29N3O5/c1-23-12-14(19)18(22)21-9-7-20(8-10-21)11-13-5-6-15(24-2)17(26-4)16(13)25-3/h5-6,14H,7-12,19H2,1-4H3. The van der Waals surface area contributed by atoms with E-state index >= 15 is 0 Å². The van der Waals surface area contributed by atoms with Gasteiger partial charge >= 0.3 is 0 Å². The lowest BCUT2D eigenvalue weighted by atomic mass is 10.1. The van der Waals surface area contributed by atoms with Crippen molar-refractivity contribution in [3.05, 3.63) is 17.7 Å². The van der Waals surface area contributed by atoms with E-state index in [4.69, 9.17) is 24.7 Å². The third kappa shape index (κ3) is 4.57. The molecule has 1 aromatic carbocycles. The zero-order valence-corrected chi connectivity index (χ0v) is 16.0. The van der Waals surface area contributed by atoms with Crippen molar-refractivity contribution >= 4 is 5.91 Å². The molecule has 8 nitrogen and oxygen atoms in total. The highest BCUT2D eigenvalue weighted by atomic mass is 16.5. The summed E-state index contributed by atoms with van der Waals surface area (Å²) in [6, 6.07) is 3.25. The first-order chi connectivity index (χ1) is 12.5. The van der Waals surface area contributed by atoms with Crippen LogP contribution in [0.1, 0.15) is 5.56 Å². The number of benzene rings is 1. The van der Waals surface area contributed by atoms with Crippen molar-refractivity contribution in [1.29, 1.82) is 0 Å². The number of carbonyl (C=O) groups is 1. The van der Waals surface area contributed by atoms with E-state index in [1.807, 2.05) is 12.1 Å². The van der Waals surface area contributed by atoms with E-state index in [-0.39, 0.29) is 12.5 Å². The van der Waals surface area contributed by atoms with Gasteiger partial charge < -0.3 is 29.6 Å². The first kappa shape index (κ1) is 20.3. The predicted octanol–water partition coefficient (Wildman–Crippen LogP) is 0.330. The van der Waals surface area contributed by atoms with E-state index < -0.39 is 6.04 Å². The topological polar surface area (TPSA) is 86.5 Å². The molecule has 0 aromatic heterocycles. The van der Waals surface area contributed by atoms with Gasteiger partial charge in [0, 0.05) is 45.4 Å². The number of hydrogen-bond acceptors (Lipinski definition) is 7. The minimum Gasteiger partial charge on any atom is -0.493 e. The summed E-state index contributed by atoms with van der Waals surface area (Å²) in [5.74, 6) is 1.84. The van der Waals surface area contributed by atoms with Crippen LogP contribution in [-0.2, 0) is 16.1 Å². The maximum absolute atomic E-state index is 12.3. The molecule has 2 N–H and O–H groups in total. The first-order valence-electron chi connectivity index (χ1n) is 8.59. The summed E-state index contributed by atoms with van der Waals surface area (Å²) in [6.45, 7) is 3.77. The van der Waals surface area contributed by atoms with Crippen LogP contribution in [0.4, 0.5) is 0 Å². The van der Waals surface area contributed by atoms with Gasteiger partial charge in [0.25, 0.3) is 0 Å². The van der Waals surface area contributed by atoms with Crippen LogP contribution in [0.3, 0.4) is 0 Å². The highest BCUT2D eigenvalue weighted by molar-refractivity contribution is 5.81. The van der Waals surface area contributed by atoms with Crippen LogP contribution in [0, 0.1) is 0 Å². The van der Waals surface area contributed by atoms with Gasteiger partial charge in [-0.1, -0.05) is 6.07 Å². The number of hydrogen-bond donors (Lipinski definition) is 1. The van der Waals surface area contributed by atoms with Gasteiger partial charge in [-0.2, -0.15) is 0 Å². The SMILES string of the molecule is COCC(N)C(=O)N1CCN(Cc2ccc(OC)c(OC)c2OC)CC1. The normalized spacial score (nSPS) is 16.3. The largest absolute Gasteiger partial charge is 0.493 e. The van der Waals surface area contributed by atoms with Crippen molar-refractivity contribution in [3.63, 3.8) is 0 Å². The van der Waals surface area contributed by atoms with Crippen LogP contribution in [0.25, 0.3) is 0 Å². The molecule has 1 fully saturated rings. The summed E-state index contributed by atoms with van der Waals surface area (Å²) in [5, 5.41) is 0. The molecule has 1 saturated heterocycles. The van der Waals surface area contributed by atoms with E-state index in [0.29, 0.717) is 36.9 Å². The van der Waals surface area contributed by atoms with Gasteiger partial charge in [-0.05, 0) is 6.07 Å². The summed E-state index contributed by atoms with van der Waals surface area (Å²) in [4.78, 5) is 16.3. The number of nitrogens with two attached hydrogens (primary N) is 1. The number of carbonyl (C=O) groups excluding carboxylic acids is 1. The maximum Gasteiger partial charge on any atom is 0.241 e. The molecule has 8 heteroatoms. The quantitative estimate of drug-likeness (QED) is 0.708. The van der Waals surface area contributed by atoms with Gasteiger partial charge in [0.1, 0.15) is 6.04 Å². The molecule has 26 heavy (non-hydrogen) atoms. The van der Waals surface area contributed by atoms with Crippen LogP contribution in [-0.4, -0.2) is 83.0 Å². The van der Waals surface area contributed by atoms with Crippen molar-refractivity contribution in [2.24, 2.45) is 5.73 Å². The minimum atomic E-state index is -0.600. The van der Waals surface area contributed by atoms with Crippen molar-refractivity contribution in [2.45, 2.75) is 12.6 Å². The summed E-state index contributed by atoms with van der Waals surface area (Å²) in [6.07, 6.45) is 0. The summed E-state index contributed by atoms with van der Waals surface area (Å²) in [7, 11) is 6.36. The molecule has 1 heterocycles. The van der Waals surface area contributed by atoms with Crippen LogP contribution in [0.2, 0.25) is 0 Å². The Morgan fingerprint density at radius 2 is 1.69 bits per heavy atom. The number of rotatable bonds is 8. The summed E-state index contributed by atoms with van der Waals surface area (Å²) < 4.78 is 21.3. The fourth-order valence-corrected chi connectivity index (χ4v) is 3.14. The molecular weight excluding hydrogens is 338 g/mol. The highest BCUT2D eigenvalue weighted by Crippen LogP contribution is 2.40. The van der Waals surface area contributed by atoms with Gasteiger partial charge in [0.05, 0.1) is 27.9 Å². The number of nitrogens with zero attached hydrogens (tertiary/aromatic N) is 2. The first-order valence-corrected chi connectivity index (χ1v) is 8.59. The summed E-state index contributed by atoms with van der Waals surface area (Å²) >= 11 is 0. The Hall–Kier alpha value is -2.03. The van der Waals surface area contributed by atoms with Gasteiger partial charge in [0.15, 0.2) is 11.5 Å². The fourth-order valence-electron chi connectivity index (χ4n) is 3.14.